The van der Waals surface area contributed by atoms with Crippen LogP contribution in [0.1, 0.15) is 36.9 Å². The molecule has 32 heavy (non-hydrogen) atoms. The van der Waals surface area contributed by atoms with Crippen LogP contribution >= 0.6 is 0 Å². The number of hydrogen-bond donors (Lipinski definition) is 1. The first-order valence-electron chi connectivity index (χ1n) is 10.1. The minimum Gasteiger partial charge on any atom is -0.342 e. The van der Waals surface area contributed by atoms with Gasteiger partial charge in [0.15, 0.2) is 0 Å². The van der Waals surface area contributed by atoms with Crippen molar-refractivity contribution in [1.29, 1.82) is 0 Å². The highest BCUT2D eigenvalue weighted by atomic mass is 19.4. The molecule has 2 saturated heterocycles. The molecule has 0 aliphatic carbocycles. The second kappa shape index (κ2) is 8.14. The first-order chi connectivity index (χ1) is 15.0. The predicted octanol–water partition coefficient (Wildman–Crippen LogP) is 3.82. The monoisotopic (exact) mass is 456 g/mol. The Hall–Kier alpha value is -3.05. The third-order valence-corrected chi connectivity index (χ3v) is 5.49. The van der Waals surface area contributed by atoms with E-state index in [0.29, 0.717) is 18.8 Å². The molecule has 0 saturated carbocycles. The van der Waals surface area contributed by atoms with E-state index in [9.17, 15) is 26.7 Å². The van der Waals surface area contributed by atoms with Gasteiger partial charge >= 0.3 is 6.18 Å². The molecular weight excluding hydrogens is 435 g/mol. The number of aromatic nitrogens is 3. The van der Waals surface area contributed by atoms with Crippen LogP contribution in [0, 0.1) is 0 Å². The molecule has 4 heterocycles. The minimum absolute atomic E-state index is 0.0582. The fourth-order valence-corrected chi connectivity index (χ4v) is 3.83. The smallest absolute Gasteiger partial charge is 0.342 e. The van der Waals surface area contributed by atoms with Crippen LogP contribution in [-0.4, -0.2) is 57.9 Å². The number of nitrogens with one attached hydrogen (secondary N) is 1. The van der Waals surface area contributed by atoms with Crippen molar-refractivity contribution in [3.8, 4) is 0 Å². The lowest BCUT2D eigenvalue weighted by atomic mass is 9.94. The lowest BCUT2D eigenvalue weighted by Gasteiger charge is -2.39. The Morgan fingerprint density at radius 1 is 1.19 bits per heavy atom. The maximum Gasteiger partial charge on any atom is 0.416 e. The molecule has 0 aromatic carbocycles. The molecule has 1 unspecified atom stereocenters. The molecule has 12 heteroatoms. The molecule has 1 N–H and O–H groups in total. The summed E-state index contributed by atoms with van der Waals surface area (Å²) < 4.78 is 65.9. The summed E-state index contributed by atoms with van der Waals surface area (Å²) in [7, 11) is 0. The van der Waals surface area contributed by atoms with E-state index in [-0.39, 0.29) is 29.4 Å². The quantitative estimate of drug-likeness (QED) is 0.706. The molecule has 0 radical (unpaired) electrons. The van der Waals surface area contributed by atoms with Gasteiger partial charge in [-0.25, -0.2) is 18.7 Å². The summed E-state index contributed by atoms with van der Waals surface area (Å²) >= 11 is 0. The number of pyridine rings is 1. The van der Waals surface area contributed by atoms with E-state index in [4.69, 9.17) is 0 Å². The number of likely N-dealkylation sites (tertiary alicyclic amines) is 1. The van der Waals surface area contributed by atoms with Crippen LogP contribution in [-0.2, 0) is 11.0 Å². The van der Waals surface area contributed by atoms with Gasteiger partial charge in [0, 0.05) is 38.2 Å². The van der Waals surface area contributed by atoms with Crippen LogP contribution in [0.15, 0.2) is 24.4 Å². The van der Waals surface area contributed by atoms with E-state index in [1.165, 1.54) is 11.8 Å². The summed E-state index contributed by atoms with van der Waals surface area (Å²) in [6, 6.07) is 3.26. The molecule has 2 aromatic heterocycles. The zero-order valence-electron chi connectivity index (χ0n) is 17.2. The van der Waals surface area contributed by atoms with E-state index in [2.05, 4.69) is 20.3 Å². The fraction of sp³-hybridized carbons (Fsp3) is 0.500. The number of anilines is 3. The number of halogens is 5. The van der Waals surface area contributed by atoms with Gasteiger partial charge in [0.25, 0.3) is 5.92 Å². The molecule has 2 aliphatic rings. The number of hydrogen-bond acceptors (Lipinski definition) is 6. The molecule has 2 aromatic rings. The molecule has 2 aliphatic heterocycles. The maximum atomic E-state index is 13.4. The van der Waals surface area contributed by atoms with E-state index in [0.717, 1.165) is 31.2 Å². The molecule has 172 valence electrons. The summed E-state index contributed by atoms with van der Waals surface area (Å²) in [5.41, 5.74) is -0.345. The summed E-state index contributed by atoms with van der Waals surface area (Å²) in [6.07, 6.45) is -2.03. The van der Waals surface area contributed by atoms with Crippen LogP contribution in [0.25, 0.3) is 0 Å². The lowest BCUT2D eigenvalue weighted by molar-refractivity contribution is -0.137. The van der Waals surface area contributed by atoms with Crippen LogP contribution in [0.5, 0.6) is 0 Å². The minimum atomic E-state index is -4.54. The average Bonchev–Trinajstić information content (AvgIpc) is 2.71. The Balaban J connectivity index is 1.64. The third kappa shape index (κ3) is 4.89. The van der Waals surface area contributed by atoms with Gasteiger partial charge in [-0.15, -0.1) is 0 Å². The summed E-state index contributed by atoms with van der Waals surface area (Å²) in [4.78, 5) is 27.3. The van der Waals surface area contributed by atoms with Crippen LogP contribution < -0.4 is 10.2 Å². The van der Waals surface area contributed by atoms with Crippen molar-refractivity contribution in [2.24, 2.45) is 0 Å². The Morgan fingerprint density at radius 3 is 2.59 bits per heavy atom. The predicted molar refractivity (Wildman–Crippen MR) is 106 cm³/mol. The van der Waals surface area contributed by atoms with E-state index >= 15 is 0 Å². The molecule has 1 atom stereocenters. The first kappa shape index (κ1) is 22.2. The van der Waals surface area contributed by atoms with Crippen LogP contribution in [0.2, 0.25) is 0 Å². The van der Waals surface area contributed by atoms with Gasteiger partial charge in [-0.05, 0) is 25.0 Å². The Kier molecular flexibility index (Phi) is 5.63. The highest BCUT2D eigenvalue weighted by molar-refractivity contribution is 5.73. The van der Waals surface area contributed by atoms with E-state index in [1.54, 1.807) is 11.0 Å². The average molecular weight is 456 g/mol. The summed E-state index contributed by atoms with van der Waals surface area (Å²) in [5, 5.41) is 2.74. The van der Waals surface area contributed by atoms with Crippen LogP contribution in [0.3, 0.4) is 0 Å². The zero-order chi connectivity index (χ0) is 23.1. The van der Waals surface area contributed by atoms with Crippen molar-refractivity contribution >= 4 is 23.5 Å². The highest BCUT2D eigenvalue weighted by Gasteiger charge is 2.45. The van der Waals surface area contributed by atoms with Crippen molar-refractivity contribution in [1.82, 2.24) is 19.9 Å². The molecule has 7 nitrogen and oxygen atoms in total. The zero-order valence-corrected chi connectivity index (χ0v) is 17.2. The van der Waals surface area contributed by atoms with Crippen molar-refractivity contribution < 1.29 is 26.7 Å². The van der Waals surface area contributed by atoms with Gasteiger partial charge in [0.05, 0.1) is 24.3 Å². The highest BCUT2D eigenvalue weighted by Crippen LogP contribution is 2.34. The number of carbonyl (C=O) groups excluding carboxylic acids is 1. The molecule has 4 rings (SSSR count). The van der Waals surface area contributed by atoms with Gasteiger partial charge in [-0.3, -0.25) is 4.79 Å². The second-order valence-electron chi connectivity index (χ2n) is 8.05. The van der Waals surface area contributed by atoms with Crippen LogP contribution in [0.4, 0.5) is 39.5 Å². The molecule has 0 spiro atoms. The number of piperidine rings is 1. The molecular formula is C20H21F5N6O. The van der Waals surface area contributed by atoms with E-state index < -0.39 is 30.8 Å². The number of amides is 1. The largest absolute Gasteiger partial charge is 0.416 e. The summed E-state index contributed by atoms with van der Waals surface area (Å²) in [5.74, 6) is -2.94. The SMILES string of the molecule is CC(=O)N1CCCC(c2cc(Nc3cc(C(F)(F)F)ccn3)nc(N3CC(F)(F)C3)n2)C1. The first-order valence-corrected chi connectivity index (χ1v) is 10.1. The molecule has 1 amide bonds. The van der Waals surface area contributed by atoms with Crippen molar-refractivity contribution in [3.63, 3.8) is 0 Å². The van der Waals surface area contributed by atoms with Crippen molar-refractivity contribution in [2.75, 3.05) is 36.4 Å². The molecule has 0 bridgehead atoms. The Labute approximate surface area is 180 Å². The number of rotatable bonds is 4. The van der Waals surface area contributed by atoms with Crippen molar-refractivity contribution in [3.05, 3.63) is 35.7 Å². The van der Waals surface area contributed by atoms with Gasteiger partial charge in [0.2, 0.25) is 11.9 Å². The second-order valence-corrected chi connectivity index (χ2v) is 8.05. The Morgan fingerprint density at radius 2 is 1.94 bits per heavy atom. The fourth-order valence-electron chi connectivity index (χ4n) is 3.83. The van der Waals surface area contributed by atoms with Crippen molar-refractivity contribution in [2.45, 2.75) is 37.8 Å². The number of alkyl halides is 5. The molecule has 2 fully saturated rings. The van der Waals surface area contributed by atoms with Gasteiger partial charge < -0.3 is 15.1 Å². The normalized spacial score (nSPS) is 20.6. The third-order valence-electron chi connectivity index (χ3n) is 5.49. The van der Waals surface area contributed by atoms with Gasteiger partial charge in [-0.2, -0.15) is 18.2 Å². The topological polar surface area (TPSA) is 74.2 Å². The van der Waals surface area contributed by atoms with E-state index in [1.807, 2.05) is 0 Å². The maximum absolute atomic E-state index is 13.4. The van der Waals surface area contributed by atoms with Gasteiger partial charge in [-0.1, -0.05) is 0 Å². The lowest BCUT2D eigenvalue weighted by Crippen LogP contribution is -2.57. The Bertz CT molecular complexity index is 1010. The number of nitrogens with zero attached hydrogens (tertiary/aromatic N) is 5. The summed E-state index contributed by atoms with van der Waals surface area (Å²) in [6.45, 7) is 1.44. The standard InChI is InChI=1S/C20H21F5N6O/c1-12(32)30-6-2-3-13(9-30)15-8-17(29-18(27-15)31-10-19(21,22)11-31)28-16-7-14(4-5-26-16)20(23,24)25/h4-5,7-8,13H,2-3,6,9-11H2,1H3,(H,26,27,28,29). The van der Waals surface area contributed by atoms with Gasteiger partial charge in [0.1, 0.15) is 11.6 Å². The number of carbonyl (C=O) groups is 1.